The van der Waals surface area contributed by atoms with Crippen LogP contribution in [-0.4, -0.2) is 59.7 Å². The molecule has 0 bridgehead atoms. The molecule has 0 N–H and O–H groups in total. The largest absolute Gasteiger partial charge is 0.368 e. The Morgan fingerprint density at radius 3 is 2.04 bits per heavy atom. The molecule has 4 rings (SSSR count). The SMILES string of the molecule is C[C@@H](C(=O)N1CCN(c2ccccc2)CC1)N1C(=O)[C@H]2CC=CC[C@@H]2C1=O. The van der Waals surface area contributed by atoms with Crippen molar-refractivity contribution in [2.45, 2.75) is 25.8 Å². The zero-order valence-electron chi connectivity index (χ0n) is 15.6. The van der Waals surface area contributed by atoms with E-state index in [1.54, 1.807) is 11.8 Å². The minimum atomic E-state index is -0.723. The lowest BCUT2D eigenvalue weighted by Crippen LogP contribution is -2.55. The quantitative estimate of drug-likeness (QED) is 0.602. The molecular weight excluding hydrogens is 342 g/mol. The maximum Gasteiger partial charge on any atom is 0.245 e. The van der Waals surface area contributed by atoms with Gasteiger partial charge in [-0.2, -0.15) is 0 Å². The van der Waals surface area contributed by atoms with Crippen LogP contribution in [0.1, 0.15) is 19.8 Å². The van der Waals surface area contributed by atoms with Gasteiger partial charge in [0.15, 0.2) is 0 Å². The fraction of sp³-hybridized carbons (Fsp3) is 0.476. The van der Waals surface area contributed by atoms with E-state index in [4.69, 9.17) is 0 Å². The molecular formula is C21H25N3O3. The highest BCUT2D eigenvalue weighted by Crippen LogP contribution is 2.36. The van der Waals surface area contributed by atoms with E-state index < -0.39 is 6.04 Å². The molecule has 2 aliphatic heterocycles. The minimum Gasteiger partial charge on any atom is -0.368 e. The summed E-state index contributed by atoms with van der Waals surface area (Å²) in [5.41, 5.74) is 1.15. The molecule has 3 aliphatic rings. The first-order valence-electron chi connectivity index (χ1n) is 9.68. The molecule has 1 aromatic rings. The van der Waals surface area contributed by atoms with Crippen LogP contribution in [0, 0.1) is 11.8 Å². The number of piperazine rings is 1. The molecule has 6 heteroatoms. The summed E-state index contributed by atoms with van der Waals surface area (Å²) < 4.78 is 0. The lowest BCUT2D eigenvalue weighted by atomic mass is 9.85. The van der Waals surface area contributed by atoms with Crippen molar-refractivity contribution in [3.63, 3.8) is 0 Å². The van der Waals surface area contributed by atoms with Crippen molar-refractivity contribution in [2.75, 3.05) is 31.1 Å². The maximum absolute atomic E-state index is 13.0. The van der Waals surface area contributed by atoms with Crippen LogP contribution in [0.2, 0.25) is 0 Å². The molecule has 3 amide bonds. The second-order valence-corrected chi connectivity index (χ2v) is 7.53. The molecule has 0 spiro atoms. The number of benzene rings is 1. The second-order valence-electron chi connectivity index (χ2n) is 7.53. The predicted octanol–water partition coefficient (Wildman–Crippen LogP) is 1.67. The first kappa shape index (κ1) is 17.8. The maximum atomic E-state index is 13.0. The third kappa shape index (κ3) is 3.13. The first-order valence-corrected chi connectivity index (χ1v) is 9.68. The van der Waals surface area contributed by atoms with E-state index in [0.717, 1.165) is 18.8 Å². The number of carbonyl (C=O) groups excluding carboxylic acids is 3. The van der Waals surface area contributed by atoms with Gasteiger partial charge in [-0.1, -0.05) is 30.4 Å². The van der Waals surface area contributed by atoms with E-state index in [1.807, 2.05) is 30.4 Å². The summed E-state index contributed by atoms with van der Waals surface area (Å²) in [6.45, 7) is 4.39. The summed E-state index contributed by atoms with van der Waals surface area (Å²) in [6, 6.07) is 9.41. The van der Waals surface area contributed by atoms with E-state index in [1.165, 1.54) is 4.90 Å². The summed E-state index contributed by atoms with van der Waals surface area (Å²) in [4.78, 5) is 43.7. The van der Waals surface area contributed by atoms with Crippen LogP contribution in [-0.2, 0) is 14.4 Å². The number of fused-ring (bicyclic) bond motifs is 1. The Morgan fingerprint density at radius 2 is 1.48 bits per heavy atom. The van der Waals surface area contributed by atoms with Crippen LogP contribution in [0.3, 0.4) is 0 Å². The second kappa shape index (κ2) is 7.18. The zero-order chi connectivity index (χ0) is 19.0. The van der Waals surface area contributed by atoms with Gasteiger partial charge in [-0.3, -0.25) is 19.3 Å². The molecule has 2 heterocycles. The van der Waals surface area contributed by atoms with E-state index in [0.29, 0.717) is 25.9 Å². The Kier molecular flexibility index (Phi) is 4.72. The van der Waals surface area contributed by atoms with Gasteiger partial charge in [0.2, 0.25) is 17.7 Å². The van der Waals surface area contributed by atoms with Crippen LogP contribution in [0.15, 0.2) is 42.5 Å². The number of rotatable bonds is 3. The number of hydrogen-bond donors (Lipinski definition) is 0. The number of nitrogens with zero attached hydrogens (tertiary/aromatic N) is 3. The lowest BCUT2D eigenvalue weighted by molar-refractivity contribution is -0.151. The number of anilines is 1. The standard InChI is InChI=1S/C21H25N3O3/c1-15(24-20(26)17-9-5-6-10-18(17)21(24)27)19(25)23-13-11-22(12-14-23)16-7-3-2-4-8-16/h2-8,15,17-18H,9-14H2,1H3/t15-,17-,18-/m0/s1. The summed E-state index contributed by atoms with van der Waals surface area (Å²) >= 11 is 0. The van der Waals surface area contributed by atoms with Gasteiger partial charge in [-0.25, -0.2) is 0 Å². The van der Waals surface area contributed by atoms with Gasteiger partial charge in [0, 0.05) is 31.9 Å². The minimum absolute atomic E-state index is 0.129. The fourth-order valence-corrected chi connectivity index (χ4v) is 4.41. The molecule has 0 saturated carbocycles. The Labute approximate surface area is 159 Å². The molecule has 27 heavy (non-hydrogen) atoms. The van der Waals surface area contributed by atoms with Crippen molar-refractivity contribution < 1.29 is 14.4 Å². The fourth-order valence-electron chi connectivity index (χ4n) is 4.41. The summed E-state index contributed by atoms with van der Waals surface area (Å²) in [5, 5.41) is 0. The molecule has 2 saturated heterocycles. The number of para-hydroxylation sites is 1. The van der Waals surface area contributed by atoms with Crippen LogP contribution in [0.4, 0.5) is 5.69 Å². The first-order chi connectivity index (χ1) is 13.1. The molecule has 1 aliphatic carbocycles. The van der Waals surface area contributed by atoms with Crippen LogP contribution < -0.4 is 4.90 Å². The van der Waals surface area contributed by atoms with E-state index in [-0.39, 0.29) is 29.6 Å². The van der Waals surface area contributed by atoms with Gasteiger partial charge in [0.25, 0.3) is 0 Å². The number of hydrogen-bond acceptors (Lipinski definition) is 4. The van der Waals surface area contributed by atoms with Gasteiger partial charge >= 0.3 is 0 Å². The normalized spacial score (nSPS) is 26.3. The van der Waals surface area contributed by atoms with Crippen LogP contribution >= 0.6 is 0 Å². The van der Waals surface area contributed by atoms with Crippen LogP contribution in [0.25, 0.3) is 0 Å². The van der Waals surface area contributed by atoms with Gasteiger partial charge < -0.3 is 9.80 Å². The Morgan fingerprint density at radius 1 is 0.926 bits per heavy atom. The van der Waals surface area contributed by atoms with Gasteiger partial charge in [-0.15, -0.1) is 0 Å². The monoisotopic (exact) mass is 367 g/mol. The van der Waals surface area contributed by atoms with Gasteiger partial charge in [-0.05, 0) is 31.9 Å². The molecule has 1 aromatic carbocycles. The number of likely N-dealkylation sites (tertiary alicyclic amines) is 1. The van der Waals surface area contributed by atoms with E-state index in [9.17, 15) is 14.4 Å². The van der Waals surface area contributed by atoms with Crippen molar-refractivity contribution in [3.8, 4) is 0 Å². The van der Waals surface area contributed by atoms with Crippen molar-refractivity contribution in [1.82, 2.24) is 9.80 Å². The molecule has 2 fully saturated rings. The zero-order valence-corrected chi connectivity index (χ0v) is 15.6. The number of imide groups is 1. The molecule has 0 radical (unpaired) electrons. The van der Waals surface area contributed by atoms with Crippen molar-refractivity contribution in [3.05, 3.63) is 42.5 Å². The highest BCUT2D eigenvalue weighted by atomic mass is 16.2. The highest BCUT2D eigenvalue weighted by Gasteiger charge is 2.50. The molecule has 0 aromatic heterocycles. The van der Waals surface area contributed by atoms with Crippen molar-refractivity contribution in [1.29, 1.82) is 0 Å². The van der Waals surface area contributed by atoms with Crippen molar-refractivity contribution in [2.24, 2.45) is 11.8 Å². The Bertz CT molecular complexity index is 742. The third-order valence-electron chi connectivity index (χ3n) is 6.00. The topological polar surface area (TPSA) is 60.9 Å². The predicted molar refractivity (Wildman–Crippen MR) is 102 cm³/mol. The summed E-state index contributed by atoms with van der Waals surface area (Å²) in [5.74, 6) is -1.06. The number of carbonyl (C=O) groups is 3. The summed E-state index contributed by atoms with van der Waals surface area (Å²) in [7, 11) is 0. The summed E-state index contributed by atoms with van der Waals surface area (Å²) in [6.07, 6.45) is 5.13. The van der Waals surface area contributed by atoms with Crippen molar-refractivity contribution >= 4 is 23.4 Å². The average molecular weight is 367 g/mol. The molecule has 6 nitrogen and oxygen atoms in total. The smallest absolute Gasteiger partial charge is 0.245 e. The Balaban J connectivity index is 1.40. The molecule has 142 valence electrons. The van der Waals surface area contributed by atoms with Crippen LogP contribution in [0.5, 0.6) is 0 Å². The lowest BCUT2D eigenvalue weighted by Gasteiger charge is -2.38. The Hall–Kier alpha value is -2.63. The highest BCUT2D eigenvalue weighted by molar-refractivity contribution is 6.08. The molecule has 3 atom stereocenters. The number of allylic oxidation sites excluding steroid dienone is 2. The average Bonchev–Trinajstić information content (AvgIpc) is 2.98. The van der Waals surface area contributed by atoms with E-state index in [2.05, 4.69) is 17.0 Å². The van der Waals surface area contributed by atoms with Gasteiger partial charge in [0.1, 0.15) is 6.04 Å². The third-order valence-corrected chi connectivity index (χ3v) is 6.00. The van der Waals surface area contributed by atoms with Gasteiger partial charge in [0.05, 0.1) is 11.8 Å². The molecule has 0 unspecified atom stereocenters. The number of amides is 3. The van der Waals surface area contributed by atoms with E-state index >= 15 is 0 Å².